The summed E-state index contributed by atoms with van der Waals surface area (Å²) in [4.78, 5) is 26.1. The van der Waals surface area contributed by atoms with Crippen molar-refractivity contribution in [2.75, 3.05) is 26.1 Å². The molecule has 4 N–H and O–H groups in total. The number of nitrogens with one attached hydrogen (secondary N) is 2. The molecular formula is C28H30N6O6. The maximum Gasteiger partial charge on any atom is 0.244 e. The second-order valence-corrected chi connectivity index (χ2v) is 9.14. The van der Waals surface area contributed by atoms with Crippen molar-refractivity contribution in [2.45, 2.75) is 31.0 Å². The standard InChI is InChI=1S/C28H30N6O6/c1-38-19-10-18(11-20(12-19)39-2)8-9-22(36)33-23-25(37)21(14-35)40-28(23)34-16-32-24-26(30-15-31-27(24)34)29-13-17-6-4-3-5-7-17/h3-12,15-16,21,23,25,28,35,37H,13-14H2,1-2H3,(H,33,36)(H,29,30,31)/b9-8+/t21-,23-,25-,28-/m1/s1. The summed E-state index contributed by atoms with van der Waals surface area (Å²) in [5.74, 6) is 1.22. The predicted octanol–water partition coefficient (Wildman–Crippen LogP) is 1.90. The van der Waals surface area contributed by atoms with Crippen molar-refractivity contribution in [3.05, 3.63) is 78.4 Å². The number of rotatable bonds is 10. The van der Waals surface area contributed by atoms with E-state index in [9.17, 15) is 15.0 Å². The molecule has 12 heteroatoms. The van der Waals surface area contributed by atoms with Crippen molar-refractivity contribution < 1.29 is 29.2 Å². The van der Waals surface area contributed by atoms with Gasteiger partial charge in [-0.25, -0.2) is 15.0 Å². The summed E-state index contributed by atoms with van der Waals surface area (Å²) < 4.78 is 18.1. The largest absolute Gasteiger partial charge is 0.497 e. The van der Waals surface area contributed by atoms with Crippen molar-refractivity contribution in [1.82, 2.24) is 24.8 Å². The average Bonchev–Trinajstić information content (AvgIpc) is 3.56. The molecule has 1 saturated heterocycles. The van der Waals surface area contributed by atoms with Crippen molar-refractivity contribution in [1.29, 1.82) is 0 Å². The predicted molar refractivity (Wildman–Crippen MR) is 147 cm³/mol. The third-order valence-electron chi connectivity index (χ3n) is 6.60. The number of methoxy groups -OCH3 is 2. The number of nitrogens with zero attached hydrogens (tertiary/aromatic N) is 4. The van der Waals surface area contributed by atoms with Crippen LogP contribution in [0.1, 0.15) is 17.4 Å². The van der Waals surface area contributed by atoms with E-state index in [1.165, 1.54) is 18.7 Å². The van der Waals surface area contributed by atoms with Gasteiger partial charge in [0.2, 0.25) is 5.91 Å². The van der Waals surface area contributed by atoms with Crippen LogP contribution >= 0.6 is 0 Å². The smallest absolute Gasteiger partial charge is 0.244 e. The van der Waals surface area contributed by atoms with Gasteiger partial charge >= 0.3 is 0 Å². The van der Waals surface area contributed by atoms with Crippen molar-refractivity contribution in [3.63, 3.8) is 0 Å². The van der Waals surface area contributed by atoms with Gasteiger partial charge in [0.25, 0.3) is 0 Å². The van der Waals surface area contributed by atoms with E-state index < -0.39 is 37.0 Å². The molecule has 4 aromatic rings. The number of anilines is 1. The molecule has 1 aliphatic heterocycles. The van der Waals surface area contributed by atoms with E-state index in [0.717, 1.165) is 5.56 Å². The van der Waals surface area contributed by atoms with Crippen LogP contribution in [-0.2, 0) is 16.1 Å². The number of imidazole rings is 1. The van der Waals surface area contributed by atoms with Gasteiger partial charge in [0.05, 0.1) is 27.2 Å². The Balaban J connectivity index is 1.36. The van der Waals surface area contributed by atoms with Gasteiger partial charge in [-0.2, -0.15) is 0 Å². The molecule has 1 amide bonds. The molecular weight excluding hydrogens is 516 g/mol. The fourth-order valence-corrected chi connectivity index (χ4v) is 4.55. The number of fused-ring (bicyclic) bond motifs is 1. The number of hydrogen-bond acceptors (Lipinski definition) is 10. The number of ether oxygens (including phenoxy) is 3. The quantitative estimate of drug-likeness (QED) is 0.217. The van der Waals surface area contributed by atoms with E-state index >= 15 is 0 Å². The fraction of sp³-hybridized carbons (Fsp3) is 0.286. The second kappa shape index (κ2) is 12.1. The lowest BCUT2D eigenvalue weighted by molar-refractivity contribution is -0.118. The summed E-state index contributed by atoms with van der Waals surface area (Å²) >= 11 is 0. The topological polar surface area (TPSA) is 153 Å². The third kappa shape index (κ3) is 5.73. The molecule has 40 heavy (non-hydrogen) atoms. The van der Waals surface area contributed by atoms with E-state index in [1.807, 2.05) is 30.3 Å². The maximum absolute atomic E-state index is 12.9. The van der Waals surface area contributed by atoms with E-state index in [2.05, 4.69) is 25.6 Å². The first-order valence-corrected chi connectivity index (χ1v) is 12.6. The van der Waals surface area contributed by atoms with Gasteiger partial charge in [-0.1, -0.05) is 30.3 Å². The molecule has 2 aromatic carbocycles. The van der Waals surface area contributed by atoms with Crippen LogP contribution in [0.5, 0.6) is 11.5 Å². The lowest BCUT2D eigenvalue weighted by Crippen LogP contribution is -2.46. The zero-order chi connectivity index (χ0) is 28.1. The Morgan fingerprint density at radius 3 is 2.55 bits per heavy atom. The molecule has 0 bridgehead atoms. The molecule has 0 saturated carbocycles. The van der Waals surface area contributed by atoms with Crippen LogP contribution in [0.3, 0.4) is 0 Å². The Labute approximate surface area is 230 Å². The van der Waals surface area contributed by atoms with Gasteiger partial charge in [-0.05, 0) is 29.3 Å². The van der Waals surface area contributed by atoms with Crippen molar-refractivity contribution in [2.24, 2.45) is 0 Å². The number of aliphatic hydroxyl groups excluding tert-OH is 2. The summed E-state index contributed by atoms with van der Waals surface area (Å²) in [7, 11) is 3.09. The molecule has 2 aromatic heterocycles. The first kappa shape index (κ1) is 27.1. The molecule has 5 rings (SSSR count). The maximum atomic E-state index is 12.9. The Bertz CT molecular complexity index is 1470. The van der Waals surface area contributed by atoms with Gasteiger partial charge in [-0.3, -0.25) is 9.36 Å². The minimum atomic E-state index is -1.18. The molecule has 0 unspecified atom stereocenters. The molecule has 208 valence electrons. The van der Waals surface area contributed by atoms with E-state index in [4.69, 9.17) is 14.2 Å². The first-order chi connectivity index (χ1) is 19.5. The van der Waals surface area contributed by atoms with Crippen LogP contribution in [-0.4, -0.2) is 74.7 Å². The highest BCUT2D eigenvalue weighted by Crippen LogP contribution is 2.32. The van der Waals surface area contributed by atoms with Crippen molar-refractivity contribution in [3.8, 4) is 11.5 Å². The van der Waals surface area contributed by atoms with E-state index in [0.29, 0.717) is 40.6 Å². The number of benzene rings is 2. The zero-order valence-electron chi connectivity index (χ0n) is 22.0. The normalized spacial score (nSPS) is 20.6. The second-order valence-electron chi connectivity index (χ2n) is 9.14. The number of carbonyl (C=O) groups is 1. The molecule has 12 nitrogen and oxygen atoms in total. The first-order valence-electron chi connectivity index (χ1n) is 12.6. The summed E-state index contributed by atoms with van der Waals surface area (Å²) in [6, 6.07) is 14.2. The third-order valence-corrected chi connectivity index (χ3v) is 6.60. The Morgan fingerprint density at radius 1 is 1.10 bits per heavy atom. The summed E-state index contributed by atoms with van der Waals surface area (Å²) in [6.07, 6.45) is 2.87. The minimum absolute atomic E-state index is 0.436. The van der Waals surface area contributed by atoms with Crippen LogP contribution in [0.15, 0.2) is 67.3 Å². The number of aromatic nitrogens is 4. The van der Waals surface area contributed by atoms with Gasteiger partial charge in [0, 0.05) is 18.7 Å². The van der Waals surface area contributed by atoms with Crippen LogP contribution in [0, 0.1) is 0 Å². The lowest BCUT2D eigenvalue weighted by atomic mass is 10.1. The molecule has 0 radical (unpaired) electrons. The van der Waals surface area contributed by atoms with E-state index in [-0.39, 0.29) is 0 Å². The monoisotopic (exact) mass is 546 g/mol. The molecule has 3 heterocycles. The molecule has 0 spiro atoms. The summed E-state index contributed by atoms with van der Waals surface area (Å²) in [5, 5.41) is 26.8. The van der Waals surface area contributed by atoms with Gasteiger partial charge in [0.15, 0.2) is 23.2 Å². The molecule has 0 aliphatic carbocycles. The minimum Gasteiger partial charge on any atom is -0.497 e. The highest BCUT2D eigenvalue weighted by atomic mass is 16.5. The SMILES string of the molecule is COc1cc(/C=C/C(=O)N[C@@H]2[C@H](O)[C@@H](CO)O[C@H]2n2cnc3c(NCc4ccccc4)ncnc32)cc(OC)c1. The number of carbonyl (C=O) groups excluding carboxylic acids is 1. The summed E-state index contributed by atoms with van der Waals surface area (Å²) in [6.45, 7) is 0.101. The van der Waals surface area contributed by atoms with Gasteiger partial charge < -0.3 is 35.1 Å². The molecule has 1 aliphatic rings. The van der Waals surface area contributed by atoms with Gasteiger partial charge in [0.1, 0.15) is 36.1 Å². The fourth-order valence-electron chi connectivity index (χ4n) is 4.55. The number of aliphatic hydroxyl groups is 2. The molecule has 4 atom stereocenters. The highest BCUT2D eigenvalue weighted by Gasteiger charge is 2.45. The average molecular weight is 547 g/mol. The van der Waals surface area contributed by atoms with Crippen LogP contribution < -0.4 is 20.1 Å². The van der Waals surface area contributed by atoms with Crippen LogP contribution in [0.25, 0.3) is 17.2 Å². The van der Waals surface area contributed by atoms with Crippen molar-refractivity contribution >= 4 is 29.0 Å². The Kier molecular flexibility index (Phi) is 8.20. The lowest BCUT2D eigenvalue weighted by Gasteiger charge is -2.22. The van der Waals surface area contributed by atoms with E-state index in [1.54, 1.807) is 43.1 Å². The number of amides is 1. The number of hydrogen-bond donors (Lipinski definition) is 4. The summed E-state index contributed by atoms with van der Waals surface area (Å²) in [5.41, 5.74) is 2.71. The molecule has 1 fully saturated rings. The zero-order valence-corrected chi connectivity index (χ0v) is 22.0. The van der Waals surface area contributed by atoms with Gasteiger partial charge in [-0.15, -0.1) is 0 Å². The van der Waals surface area contributed by atoms with Crippen LogP contribution in [0.2, 0.25) is 0 Å². The Morgan fingerprint density at radius 2 is 1.85 bits per heavy atom. The highest BCUT2D eigenvalue weighted by molar-refractivity contribution is 5.92. The van der Waals surface area contributed by atoms with Crippen LogP contribution in [0.4, 0.5) is 5.82 Å². The Hall–Kier alpha value is -4.52.